The van der Waals surface area contributed by atoms with E-state index < -0.39 is 23.7 Å². The van der Waals surface area contributed by atoms with Crippen LogP contribution in [-0.4, -0.2) is 10.1 Å². The number of nitrogens with zero attached hydrogens (tertiary/aromatic N) is 1. The fourth-order valence-electron chi connectivity index (χ4n) is 1.83. The lowest BCUT2D eigenvalue weighted by Gasteiger charge is -2.14. The van der Waals surface area contributed by atoms with E-state index in [9.17, 15) is 22.7 Å². The van der Waals surface area contributed by atoms with Crippen LogP contribution in [0.1, 0.15) is 22.8 Å². The summed E-state index contributed by atoms with van der Waals surface area (Å²) in [5.41, 5.74) is -0.572. The zero-order valence-electron chi connectivity index (χ0n) is 10.2. The van der Waals surface area contributed by atoms with Gasteiger partial charge in [-0.1, -0.05) is 6.07 Å². The molecule has 0 amide bonds. The number of pyridine rings is 1. The highest BCUT2D eigenvalue weighted by molar-refractivity contribution is 5.29. The number of hydrogen-bond donors (Lipinski definition) is 1. The highest BCUT2D eigenvalue weighted by Gasteiger charge is 2.31. The molecule has 1 N–H and O–H groups in total. The molecular weight excluding hydrogens is 274 g/mol. The Balaban J connectivity index is 2.26. The Bertz CT molecular complexity index is 583. The van der Waals surface area contributed by atoms with Gasteiger partial charge >= 0.3 is 6.18 Å². The normalized spacial score (nSPS) is 13.2. The van der Waals surface area contributed by atoms with Gasteiger partial charge in [0.15, 0.2) is 0 Å². The van der Waals surface area contributed by atoms with Gasteiger partial charge in [-0.2, -0.15) is 13.2 Å². The Morgan fingerprint density at radius 3 is 2.55 bits per heavy atom. The lowest BCUT2D eigenvalue weighted by molar-refractivity contribution is -0.137. The van der Waals surface area contributed by atoms with Gasteiger partial charge in [0.1, 0.15) is 5.82 Å². The van der Waals surface area contributed by atoms with Crippen LogP contribution in [0, 0.1) is 5.82 Å². The molecule has 1 atom stereocenters. The quantitative estimate of drug-likeness (QED) is 0.875. The van der Waals surface area contributed by atoms with Gasteiger partial charge in [-0.05, 0) is 35.4 Å². The minimum Gasteiger partial charge on any atom is -0.388 e. The van der Waals surface area contributed by atoms with Crippen molar-refractivity contribution in [2.75, 3.05) is 0 Å². The molecule has 1 unspecified atom stereocenters. The van der Waals surface area contributed by atoms with E-state index in [1.54, 1.807) is 18.3 Å². The van der Waals surface area contributed by atoms with Crippen molar-refractivity contribution in [3.05, 3.63) is 65.2 Å². The molecule has 1 aromatic heterocycles. The Labute approximate surface area is 112 Å². The summed E-state index contributed by atoms with van der Waals surface area (Å²) < 4.78 is 51.0. The van der Waals surface area contributed by atoms with E-state index in [1.807, 2.05) is 0 Å². The van der Waals surface area contributed by atoms with Crippen LogP contribution in [-0.2, 0) is 12.6 Å². The fourth-order valence-corrected chi connectivity index (χ4v) is 1.83. The van der Waals surface area contributed by atoms with Crippen LogP contribution in [0.2, 0.25) is 0 Å². The largest absolute Gasteiger partial charge is 0.416 e. The monoisotopic (exact) mass is 285 g/mol. The van der Waals surface area contributed by atoms with E-state index in [0.717, 1.165) is 12.1 Å². The van der Waals surface area contributed by atoms with E-state index >= 15 is 0 Å². The van der Waals surface area contributed by atoms with Crippen molar-refractivity contribution in [3.63, 3.8) is 0 Å². The first kappa shape index (κ1) is 14.5. The van der Waals surface area contributed by atoms with Crippen molar-refractivity contribution in [1.29, 1.82) is 0 Å². The summed E-state index contributed by atoms with van der Waals surface area (Å²) >= 11 is 0. The van der Waals surface area contributed by atoms with Gasteiger partial charge in [-0.25, -0.2) is 4.39 Å². The smallest absolute Gasteiger partial charge is 0.388 e. The molecule has 20 heavy (non-hydrogen) atoms. The number of aliphatic hydroxyl groups is 1. The molecule has 0 fully saturated rings. The highest BCUT2D eigenvalue weighted by Crippen LogP contribution is 2.32. The molecule has 0 aliphatic carbocycles. The second-order valence-electron chi connectivity index (χ2n) is 4.35. The third-order valence-electron chi connectivity index (χ3n) is 2.78. The molecule has 2 aromatic rings. The molecular formula is C14H11F4NO. The van der Waals surface area contributed by atoms with Gasteiger partial charge in [-0.15, -0.1) is 0 Å². The highest BCUT2D eigenvalue weighted by atomic mass is 19.4. The summed E-state index contributed by atoms with van der Waals surface area (Å²) in [4.78, 5) is 3.84. The average molecular weight is 285 g/mol. The van der Waals surface area contributed by atoms with Crippen LogP contribution in [0.5, 0.6) is 0 Å². The lowest BCUT2D eigenvalue weighted by Crippen LogP contribution is -2.09. The molecule has 106 valence electrons. The van der Waals surface area contributed by atoms with Crippen molar-refractivity contribution in [2.45, 2.75) is 18.7 Å². The first-order valence-corrected chi connectivity index (χ1v) is 5.81. The van der Waals surface area contributed by atoms with Gasteiger partial charge in [0.2, 0.25) is 0 Å². The first-order chi connectivity index (χ1) is 9.36. The number of aliphatic hydroxyl groups excluding tert-OH is 1. The van der Waals surface area contributed by atoms with Crippen LogP contribution < -0.4 is 0 Å². The third kappa shape index (κ3) is 3.54. The van der Waals surface area contributed by atoms with E-state index in [2.05, 4.69) is 4.98 Å². The number of alkyl halides is 3. The SMILES string of the molecule is OC(Cc1cccnc1)c1cc(F)cc(C(F)(F)F)c1. The predicted octanol–water partition coefficient (Wildman–Crippen LogP) is 3.52. The maximum Gasteiger partial charge on any atom is 0.416 e. The summed E-state index contributed by atoms with van der Waals surface area (Å²) in [6.07, 6.45) is -2.78. The van der Waals surface area contributed by atoms with Crippen LogP contribution in [0.3, 0.4) is 0 Å². The molecule has 1 aromatic carbocycles. The molecule has 0 radical (unpaired) electrons. The Hall–Kier alpha value is -1.95. The summed E-state index contributed by atoms with van der Waals surface area (Å²) in [7, 11) is 0. The molecule has 0 bridgehead atoms. The van der Waals surface area contributed by atoms with Gasteiger partial charge in [0.25, 0.3) is 0 Å². The Morgan fingerprint density at radius 2 is 1.95 bits per heavy atom. The van der Waals surface area contributed by atoms with E-state index in [1.165, 1.54) is 6.20 Å². The fraction of sp³-hybridized carbons (Fsp3) is 0.214. The van der Waals surface area contributed by atoms with Crippen molar-refractivity contribution in [1.82, 2.24) is 4.98 Å². The van der Waals surface area contributed by atoms with Crippen LogP contribution in [0.25, 0.3) is 0 Å². The average Bonchev–Trinajstić information content (AvgIpc) is 2.38. The number of benzene rings is 1. The molecule has 0 aliphatic rings. The molecule has 0 aliphatic heterocycles. The molecule has 6 heteroatoms. The van der Waals surface area contributed by atoms with Crippen molar-refractivity contribution < 1.29 is 22.7 Å². The van der Waals surface area contributed by atoms with Crippen molar-refractivity contribution in [2.24, 2.45) is 0 Å². The van der Waals surface area contributed by atoms with E-state index in [0.29, 0.717) is 11.6 Å². The number of halogens is 4. The maximum atomic E-state index is 13.2. The molecule has 2 nitrogen and oxygen atoms in total. The van der Waals surface area contributed by atoms with Crippen LogP contribution in [0.4, 0.5) is 17.6 Å². The van der Waals surface area contributed by atoms with Crippen LogP contribution >= 0.6 is 0 Å². The second kappa shape index (κ2) is 5.58. The number of rotatable bonds is 3. The zero-order chi connectivity index (χ0) is 14.8. The third-order valence-corrected chi connectivity index (χ3v) is 2.78. The van der Waals surface area contributed by atoms with E-state index in [4.69, 9.17) is 0 Å². The Kier molecular flexibility index (Phi) is 4.04. The Morgan fingerprint density at radius 1 is 1.20 bits per heavy atom. The molecule has 0 saturated carbocycles. The standard InChI is InChI=1S/C14H11F4NO/c15-12-6-10(5-11(7-12)14(16,17)18)13(20)4-9-2-1-3-19-8-9/h1-3,5-8,13,20H,4H2. The maximum absolute atomic E-state index is 13.2. The van der Waals surface area contributed by atoms with Gasteiger partial charge in [0.05, 0.1) is 11.7 Å². The van der Waals surface area contributed by atoms with Crippen molar-refractivity contribution >= 4 is 0 Å². The van der Waals surface area contributed by atoms with Crippen LogP contribution in [0.15, 0.2) is 42.7 Å². The molecule has 1 heterocycles. The lowest BCUT2D eigenvalue weighted by atomic mass is 10.0. The van der Waals surface area contributed by atoms with Gasteiger partial charge in [0, 0.05) is 18.8 Å². The molecule has 0 spiro atoms. The predicted molar refractivity (Wildman–Crippen MR) is 64.3 cm³/mol. The van der Waals surface area contributed by atoms with E-state index in [-0.39, 0.29) is 12.0 Å². The zero-order valence-corrected chi connectivity index (χ0v) is 10.2. The number of hydrogen-bond acceptors (Lipinski definition) is 2. The summed E-state index contributed by atoms with van der Waals surface area (Å²) in [5, 5.41) is 9.93. The molecule has 0 saturated heterocycles. The topological polar surface area (TPSA) is 33.1 Å². The second-order valence-corrected chi connectivity index (χ2v) is 4.35. The number of aromatic nitrogens is 1. The summed E-state index contributed by atoms with van der Waals surface area (Å²) in [6, 6.07) is 5.38. The molecule has 2 rings (SSSR count). The minimum absolute atomic E-state index is 0.0641. The van der Waals surface area contributed by atoms with Gasteiger partial charge < -0.3 is 5.11 Å². The van der Waals surface area contributed by atoms with Gasteiger partial charge in [-0.3, -0.25) is 4.98 Å². The minimum atomic E-state index is -4.65. The summed E-state index contributed by atoms with van der Waals surface area (Å²) in [5.74, 6) is -1.03. The van der Waals surface area contributed by atoms with Crippen molar-refractivity contribution in [3.8, 4) is 0 Å². The summed E-state index contributed by atoms with van der Waals surface area (Å²) in [6.45, 7) is 0. The first-order valence-electron chi connectivity index (χ1n) is 5.81.